The Morgan fingerprint density at radius 3 is 2.14 bits per heavy atom. The largest absolute Gasteiger partial charge is 0.463 e. The van der Waals surface area contributed by atoms with Gasteiger partial charge in [0.05, 0.1) is 6.61 Å². The van der Waals surface area contributed by atoms with Crippen molar-refractivity contribution >= 4 is 5.97 Å². The van der Waals surface area contributed by atoms with Crippen LogP contribution in [0.4, 0.5) is 0 Å². The fourth-order valence-electron chi connectivity index (χ4n) is 2.03. The number of carbonyl (C=O) groups is 1. The van der Waals surface area contributed by atoms with Crippen LogP contribution in [-0.2, 0) is 9.53 Å². The second kappa shape index (κ2) is 12.4. The normalized spacial score (nSPS) is 13.5. The van der Waals surface area contributed by atoms with Gasteiger partial charge in [0.1, 0.15) is 0 Å². The molecule has 0 unspecified atom stereocenters. The minimum atomic E-state index is -0.227. The molecule has 0 heterocycles. The maximum atomic E-state index is 11.3. The molecule has 2 heteroatoms. The van der Waals surface area contributed by atoms with Gasteiger partial charge >= 0.3 is 5.97 Å². The van der Waals surface area contributed by atoms with Gasteiger partial charge in [-0.3, -0.25) is 0 Å². The van der Waals surface area contributed by atoms with Gasteiger partial charge in [0.25, 0.3) is 0 Å². The maximum Gasteiger partial charge on any atom is 0.330 e. The van der Waals surface area contributed by atoms with Crippen LogP contribution in [0.3, 0.4) is 0 Å². The molecule has 0 aliphatic carbocycles. The third-order valence-electron chi connectivity index (χ3n) is 3.59. The van der Waals surface area contributed by atoms with E-state index in [9.17, 15) is 4.79 Å². The van der Waals surface area contributed by atoms with Crippen LogP contribution in [0.1, 0.15) is 73.1 Å². The molecule has 0 N–H and O–H groups in total. The monoisotopic (exact) mass is 292 g/mol. The standard InChI is InChI=1S/C19H32O2/c1-6-16(4)11-9-13-18(7-2)14-10-12-17(5)15-19(20)21-8-3/h11,14-15H,6-10,12-13H2,1-5H3. The fourth-order valence-corrected chi connectivity index (χ4v) is 2.03. The first-order valence-electron chi connectivity index (χ1n) is 8.20. The van der Waals surface area contributed by atoms with Crippen LogP contribution in [0.25, 0.3) is 0 Å². The molecule has 0 aromatic rings. The minimum absolute atomic E-state index is 0.227. The molecule has 21 heavy (non-hydrogen) atoms. The Labute approximate surface area is 131 Å². The van der Waals surface area contributed by atoms with Crippen LogP contribution in [0.5, 0.6) is 0 Å². The van der Waals surface area contributed by atoms with E-state index in [1.165, 1.54) is 11.1 Å². The topological polar surface area (TPSA) is 26.3 Å². The predicted octanol–water partition coefficient (Wildman–Crippen LogP) is 5.75. The Hall–Kier alpha value is -1.31. The first-order valence-corrected chi connectivity index (χ1v) is 8.20. The number of ether oxygens (including phenoxy) is 1. The zero-order chi connectivity index (χ0) is 16.1. The Morgan fingerprint density at radius 2 is 1.57 bits per heavy atom. The number of carbonyl (C=O) groups excluding carboxylic acids is 1. The summed E-state index contributed by atoms with van der Waals surface area (Å²) < 4.78 is 4.91. The second-order valence-corrected chi connectivity index (χ2v) is 5.44. The van der Waals surface area contributed by atoms with Gasteiger partial charge in [0, 0.05) is 6.08 Å². The van der Waals surface area contributed by atoms with Crippen LogP contribution in [0.2, 0.25) is 0 Å². The Kier molecular flexibility index (Phi) is 11.7. The number of esters is 1. The molecule has 0 atom stereocenters. The summed E-state index contributed by atoms with van der Waals surface area (Å²) in [6.45, 7) is 10.9. The van der Waals surface area contributed by atoms with Crippen molar-refractivity contribution in [1.82, 2.24) is 0 Å². The van der Waals surface area contributed by atoms with Gasteiger partial charge in [0.2, 0.25) is 0 Å². The minimum Gasteiger partial charge on any atom is -0.463 e. The molecule has 0 rings (SSSR count). The van der Waals surface area contributed by atoms with Crippen molar-refractivity contribution in [1.29, 1.82) is 0 Å². The summed E-state index contributed by atoms with van der Waals surface area (Å²) in [6.07, 6.45) is 12.7. The van der Waals surface area contributed by atoms with Crippen molar-refractivity contribution in [2.24, 2.45) is 0 Å². The van der Waals surface area contributed by atoms with E-state index >= 15 is 0 Å². The first-order chi connectivity index (χ1) is 10.0. The summed E-state index contributed by atoms with van der Waals surface area (Å²) in [5.74, 6) is -0.227. The lowest BCUT2D eigenvalue weighted by Crippen LogP contribution is -2.00. The van der Waals surface area contributed by atoms with Crippen molar-refractivity contribution in [3.8, 4) is 0 Å². The van der Waals surface area contributed by atoms with E-state index in [1.807, 2.05) is 13.8 Å². The Bertz CT molecular complexity index is 386. The summed E-state index contributed by atoms with van der Waals surface area (Å²) in [5.41, 5.74) is 4.07. The van der Waals surface area contributed by atoms with Gasteiger partial charge in [-0.15, -0.1) is 0 Å². The van der Waals surface area contributed by atoms with Gasteiger partial charge in [-0.1, -0.05) is 42.7 Å². The number of hydrogen-bond acceptors (Lipinski definition) is 2. The summed E-state index contributed by atoms with van der Waals surface area (Å²) in [7, 11) is 0. The number of hydrogen-bond donors (Lipinski definition) is 0. The lowest BCUT2D eigenvalue weighted by molar-refractivity contribution is -0.137. The second-order valence-electron chi connectivity index (χ2n) is 5.44. The molecule has 0 amide bonds. The highest BCUT2D eigenvalue weighted by molar-refractivity contribution is 5.82. The van der Waals surface area contributed by atoms with Crippen molar-refractivity contribution < 1.29 is 9.53 Å². The van der Waals surface area contributed by atoms with Crippen LogP contribution < -0.4 is 0 Å². The van der Waals surface area contributed by atoms with E-state index in [2.05, 4.69) is 32.9 Å². The third-order valence-corrected chi connectivity index (χ3v) is 3.59. The summed E-state index contributed by atoms with van der Waals surface area (Å²) >= 11 is 0. The van der Waals surface area contributed by atoms with Crippen LogP contribution in [0.15, 0.2) is 34.9 Å². The summed E-state index contributed by atoms with van der Waals surface area (Å²) in [6, 6.07) is 0. The van der Waals surface area contributed by atoms with Crippen molar-refractivity contribution in [3.63, 3.8) is 0 Å². The molecule has 0 saturated heterocycles. The lowest BCUT2D eigenvalue weighted by atomic mass is 10.0. The smallest absolute Gasteiger partial charge is 0.330 e. The third kappa shape index (κ3) is 11.1. The molecular formula is C19H32O2. The molecule has 0 saturated carbocycles. The molecule has 0 fully saturated rings. The average Bonchev–Trinajstić information content (AvgIpc) is 2.45. The number of allylic oxidation sites excluding steroid dienone is 5. The Balaban J connectivity index is 4.21. The fraction of sp³-hybridized carbons (Fsp3) is 0.632. The van der Waals surface area contributed by atoms with Gasteiger partial charge in [-0.25, -0.2) is 4.79 Å². The van der Waals surface area contributed by atoms with Gasteiger partial charge in [0.15, 0.2) is 0 Å². The van der Waals surface area contributed by atoms with Gasteiger partial charge in [-0.2, -0.15) is 0 Å². The Morgan fingerprint density at radius 1 is 0.905 bits per heavy atom. The average molecular weight is 292 g/mol. The van der Waals surface area contributed by atoms with Crippen molar-refractivity contribution in [2.45, 2.75) is 73.1 Å². The molecule has 0 aromatic carbocycles. The van der Waals surface area contributed by atoms with E-state index in [1.54, 1.807) is 6.08 Å². The van der Waals surface area contributed by atoms with E-state index in [0.29, 0.717) is 6.61 Å². The van der Waals surface area contributed by atoms with Gasteiger partial charge in [-0.05, 0) is 59.3 Å². The molecular weight excluding hydrogens is 260 g/mol. The molecule has 2 nitrogen and oxygen atoms in total. The molecule has 0 spiro atoms. The summed E-state index contributed by atoms with van der Waals surface area (Å²) in [5, 5.41) is 0. The van der Waals surface area contributed by atoms with E-state index in [0.717, 1.165) is 44.1 Å². The lowest BCUT2D eigenvalue weighted by Gasteiger charge is -2.04. The molecule has 0 radical (unpaired) electrons. The van der Waals surface area contributed by atoms with Crippen LogP contribution in [0, 0.1) is 0 Å². The van der Waals surface area contributed by atoms with E-state index in [-0.39, 0.29) is 5.97 Å². The van der Waals surface area contributed by atoms with E-state index in [4.69, 9.17) is 4.74 Å². The van der Waals surface area contributed by atoms with Gasteiger partial charge < -0.3 is 4.74 Å². The highest BCUT2D eigenvalue weighted by atomic mass is 16.5. The van der Waals surface area contributed by atoms with E-state index < -0.39 is 0 Å². The molecule has 120 valence electrons. The van der Waals surface area contributed by atoms with Crippen molar-refractivity contribution in [3.05, 3.63) is 34.9 Å². The predicted molar refractivity (Wildman–Crippen MR) is 91.3 cm³/mol. The zero-order valence-electron chi connectivity index (χ0n) is 14.5. The highest BCUT2D eigenvalue weighted by Gasteiger charge is 1.98. The molecule has 0 bridgehead atoms. The maximum absolute atomic E-state index is 11.3. The summed E-state index contributed by atoms with van der Waals surface area (Å²) in [4.78, 5) is 11.3. The highest BCUT2D eigenvalue weighted by Crippen LogP contribution is 2.15. The molecule has 0 aliphatic heterocycles. The molecule has 0 aromatic heterocycles. The van der Waals surface area contributed by atoms with Crippen LogP contribution in [-0.4, -0.2) is 12.6 Å². The first kappa shape index (κ1) is 19.7. The quantitative estimate of drug-likeness (QED) is 0.291. The van der Waals surface area contributed by atoms with Crippen molar-refractivity contribution in [2.75, 3.05) is 6.61 Å². The number of rotatable bonds is 10. The zero-order valence-corrected chi connectivity index (χ0v) is 14.5. The molecule has 0 aliphatic rings. The SMILES string of the molecule is CCOC(=O)C=C(C)CCC=C(CC)CCC=C(C)CC. The van der Waals surface area contributed by atoms with Crippen LogP contribution >= 0.6 is 0 Å².